The number of carbonyl (C=O) groups is 1. The van der Waals surface area contributed by atoms with Gasteiger partial charge in [0.15, 0.2) is 0 Å². The van der Waals surface area contributed by atoms with Crippen LogP contribution in [0.25, 0.3) is 10.2 Å². The van der Waals surface area contributed by atoms with Crippen LogP contribution in [-0.2, 0) is 0 Å². The Labute approximate surface area is 118 Å². The third kappa shape index (κ3) is 2.09. The fourth-order valence-electron chi connectivity index (χ4n) is 1.81. The summed E-state index contributed by atoms with van der Waals surface area (Å²) in [5.41, 5.74) is 0.492. The van der Waals surface area contributed by atoms with Crippen molar-refractivity contribution in [1.29, 1.82) is 0 Å². The van der Waals surface area contributed by atoms with E-state index in [0.29, 0.717) is 25.7 Å². The first-order valence-corrected chi connectivity index (χ1v) is 6.73. The van der Waals surface area contributed by atoms with Crippen molar-refractivity contribution in [3.63, 3.8) is 0 Å². The van der Waals surface area contributed by atoms with E-state index in [-0.39, 0.29) is 11.5 Å². The van der Waals surface area contributed by atoms with Gasteiger partial charge in [0.05, 0.1) is 5.39 Å². The molecule has 94 valence electrons. The Morgan fingerprint density at radius 1 is 1.21 bits per heavy atom. The smallest absolute Gasteiger partial charge is 0.206 e. The first-order valence-electron chi connectivity index (χ1n) is 5.53. The highest BCUT2D eigenvalue weighted by atomic mass is 35.5. The quantitative estimate of drug-likeness (QED) is 0.728. The molecule has 0 aliphatic carbocycles. The van der Waals surface area contributed by atoms with Crippen molar-refractivity contribution < 1.29 is 9.90 Å². The first-order chi connectivity index (χ1) is 9.16. The second kappa shape index (κ2) is 4.64. The monoisotopic (exact) mass is 289 g/mol. The second-order valence-electron chi connectivity index (χ2n) is 3.97. The van der Waals surface area contributed by atoms with Crippen LogP contribution in [0.15, 0.2) is 42.6 Å². The van der Waals surface area contributed by atoms with Gasteiger partial charge in [0.2, 0.25) is 5.78 Å². The molecule has 3 aromatic rings. The van der Waals surface area contributed by atoms with E-state index >= 15 is 0 Å². The fourth-order valence-corrected chi connectivity index (χ4v) is 2.93. The molecule has 1 N–H and O–H groups in total. The average Bonchev–Trinajstić information content (AvgIpc) is 2.77. The second-order valence-corrected chi connectivity index (χ2v) is 5.41. The largest absolute Gasteiger partial charge is 0.506 e. The number of halogens is 1. The van der Waals surface area contributed by atoms with Crippen LogP contribution in [0.1, 0.15) is 15.2 Å². The van der Waals surface area contributed by atoms with Gasteiger partial charge in [-0.1, -0.05) is 11.6 Å². The van der Waals surface area contributed by atoms with Gasteiger partial charge in [0.1, 0.15) is 15.5 Å². The van der Waals surface area contributed by atoms with E-state index < -0.39 is 0 Å². The van der Waals surface area contributed by atoms with E-state index in [1.165, 1.54) is 11.3 Å². The molecule has 0 radical (unpaired) electrons. The van der Waals surface area contributed by atoms with Gasteiger partial charge in [-0.05, 0) is 36.4 Å². The van der Waals surface area contributed by atoms with E-state index in [1.807, 2.05) is 0 Å². The van der Waals surface area contributed by atoms with Crippen LogP contribution in [0, 0.1) is 0 Å². The van der Waals surface area contributed by atoms with Crippen LogP contribution in [0.3, 0.4) is 0 Å². The van der Waals surface area contributed by atoms with Crippen molar-refractivity contribution in [3.8, 4) is 5.75 Å². The highest BCUT2D eigenvalue weighted by Gasteiger charge is 2.19. The highest BCUT2D eigenvalue weighted by Crippen LogP contribution is 2.36. The Morgan fingerprint density at radius 3 is 2.63 bits per heavy atom. The molecule has 0 aliphatic heterocycles. The zero-order valence-corrected chi connectivity index (χ0v) is 11.2. The van der Waals surface area contributed by atoms with Crippen molar-refractivity contribution in [2.75, 3.05) is 0 Å². The van der Waals surface area contributed by atoms with Gasteiger partial charge >= 0.3 is 0 Å². The van der Waals surface area contributed by atoms with Crippen LogP contribution in [0.4, 0.5) is 0 Å². The standard InChI is InChI=1S/C14H8ClNO2S/c15-9-5-3-8(4-6-9)11(17)13-12(18)10-2-1-7-16-14(10)19-13/h1-7,18H. The molecule has 3 nitrogen and oxygen atoms in total. The lowest BCUT2D eigenvalue weighted by Gasteiger charge is -1.99. The molecule has 3 rings (SSSR count). The van der Waals surface area contributed by atoms with E-state index in [0.717, 1.165) is 0 Å². The van der Waals surface area contributed by atoms with Crippen molar-refractivity contribution in [1.82, 2.24) is 4.98 Å². The fraction of sp³-hybridized carbons (Fsp3) is 0. The molecule has 1 aromatic carbocycles. The predicted molar refractivity (Wildman–Crippen MR) is 76.2 cm³/mol. The number of fused-ring (bicyclic) bond motifs is 1. The number of pyridine rings is 1. The van der Waals surface area contributed by atoms with Crippen molar-refractivity contribution in [2.45, 2.75) is 0 Å². The Morgan fingerprint density at radius 2 is 1.95 bits per heavy atom. The van der Waals surface area contributed by atoms with Crippen LogP contribution >= 0.6 is 22.9 Å². The third-order valence-corrected chi connectivity index (χ3v) is 4.11. The van der Waals surface area contributed by atoms with Crippen molar-refractivity contribution >= 4 is 38.9 Å². The number of ketones is 1. The van der Waals surface area contributed by atoms with Gasteiger partial charge in [0, 0.05) is 16.8 Å². The van der Waals surface area contributed by atoms with Crippen LogP contribution in [0.5, 0.6) is 5.75 Å². The van der Waals surface area contributed by atoms with E-state index in [4.69, 9.17) is 11.6 Å². The average molecular weight is 290 g/mol. The minimum atomic E-state index is -0.225. The van der Waals surface area contributed by atoms with E-state index in [1.54, 1.807) is 42.6 Å². The Balaban J connectivity index is 2.11. The Bertz CT molecular complexity index is 765. The van der Waals surface area contributed by atoms with Crippen molar-refractivity contribution in [3.05, 3.63) is 58.1 Å². The molecule has 19 heavy (non-hydrogen) atoms. The van der Waals surface area contributed by atoms with Crippen LogP contribution in [0.2, 0.25) is 5.02 Å². The molecule has 0 aliphatic rings. The van der Waals surface area contributed by atoms with Gasteiger partial charge in [-0.2, -0.15) is 0 Å². The summed E-state index contributed by atoms with van der Waals surface area (Å²) in [5, 5.41) is 11.3. The summed E-state index contributed by atoms with van der Waals surface area (Å²) in [4.78, 5) is 17.4. The van der Waals surface area contributed by atoms with Gasteiger partial charge in [-0.3, -0.25) is 4.79 Å². The number of aromatic hydroxyl groups is 1. The summed E-state index contributed by atoms with van der Waals surface area (Å²) < 4.78 is 0. The van der Waals surface area contributed by atoms with Gasteiger partial charge in [-0.15, -0.1) is 11.3 Å². The maximum absolute atomic E-state index is 12.3. The Hall–Kier alpha value is -1.91. The highest BCUT2D eigenvalue weighted by molar-refractivity contribution is 7.21. The molecule has 0 unspecified atom stereocenters. The third-order valence-electron chi connectivity index (χ3n) is 2.75. The number of rotatable bonds is 2. The summed E-state index contributed by atoms with van der Waals surface area (Å²) in [5.74, 6) is -0.231. The zero-order valence-electron chi connectivity index (χ0n) is 9.63. The van der Waals surface area contributed by atoms with Crippen LogP contribution < -0.4 is 0 Å². The van der Waals surface area contributed by atoms with Gasteiger partial charge in [0.25, 0.3) is 0 Å². The molecule has 5 heteroatoms. The van der Waals surface area contributed by atoms with Gasteiger partial charge < -0.3 is 5.11 Å². The molecule has 2 heterocycles. The molecule has 0 bridgehead atoms. The minimum Gasteiger partial charge on any atom is -0.506 e. The number of hydrogen-bond acceptors (Lipinski definition) is 4. The number of thiophene rings is 1. The molecule has 0 saturated heterocycles. The number of hydrogen-bond donors (Lipinski definition) is 1. The number of benzene rings is 1. The topological polar surface area (TPSA) is 50.2 Å². The summed E-state index contributed by atoms with van der Waals surface area (Å²) in [6.45, 7) is 0. The minimum absolute atomic E-state index is 0.00644. The zero-order chi connectivity index (χ0) is 13.4. The molecule has 0 amide bonds. The number of aromatic nitrogens is 1. The summed E-state index contributed by atoms with van der Waals surface area (Å²) in [7, 11) is 0. The van der Waals surface area contributed by atoms with E-state index in [9.17, 15) is 9.90 Å². The SMILES string of the molecule is O=C(c1ccc(Cl)cc1)c1sc2ncccc2c1O. The molecular formula is C14H8ClNO2S. The lowest BCUT2D eigenvalue weighted by Crippen LogP contribution is -1.98. The summed E-state index contributed by atoms with van der Waals surface area (Å²) in [6, 6.07) is 10.1. The number of carbonyl (C=O) groups excluding carboxylic acids is 1. The van der Waals surface area contributed by atoms with E-state index in [2.05, 4.69) is 4.98 Å². The molecule has 0 atom stereocenters. The lowest BCUT2D eigenvalue weighted by atomic mass is 10.1. The summed E-state index contributed by atoms with van der Waals surface area (Å²) in [6.07, 6.45) is 1.63. The molecule has 0 saturated carbocycles. The maximum atomic E-state index is 12.3. The van der Waals surface area contributed by atoms with Crippen molar-refractivity contribution in [2.24, 2.45) is 0 Å². The molecule has 0 fully saturated rings. The van der Waals surface area contributed by atoms with Crippen LogP contribution in [-0.4, -0.2) is 15.9 Å². The molecule has 2 aromatic heterocycles. The molecule has 0 spiro atoms. The summed E-state index contributed by atoms with van der Waals surface area (Å²) >= 11 is 6.98. The number of nitrogens with zero attached hydrogens (tertiary/aromatic N) is 1. The first kappa shape index (κ1) is 12.1. The Kier molecular flexibility index (Phi) is 2.97. The molecular weight excluding hydrogens is 282 g/mol. The van der Waals surface area contributed by atoms with Gasteiger partial charge in [-0.25, -0.2) is 4.98 Å². The lowest BCUT2D eigenvalue weighted by molar-refractivity contribution is 0.104. The predicted octanol–water partition coefficient (Wildman–Crippen LogP) is 3.89. The normalized spacial score (nSPS) is 10.8. The maximum Gasteiger partial charge on any atom is 0.206 e.